The maximum atomic E-state index is 4.41. The number of aromatic nitrogens is 2. The minimum Gasteiger partial charge on any atom is -0.310 e. The second-order valence-electron chi connectivity index (χ2n) is 5.78. The summed E-state index contributed by atoms with van der Waals surface area (Å²) in [5, 5.41) is 8.00. The molecule has 96 valence electrons. The summed E-state index contributed by atoms with van der Waals surface area (Å²) in [5.41, 5.74) is 2.62. The molecule has 1 N–H and O–H groups in total. The zero-order valence-electron chi connectivity index (χ0n) is 11.5. The van der Waals surface area contributed by atoms with E-state index in [1.54, 1.807) is 0 Å². The van der Waals surface area contributed by atoms with Crippen LogP contribution in [-0.4, -0.2) is 39.9 Å². The molecule has 1 aliphatic rings. The van der Waals surface area contributed by atoms with Crippen LogP contribution in [0.25, 0.3) is 0 Å². The van der Waals surface area contributed by atoms with Crippen molar-refractivity contribution < 1.29 is 0 Å². The summed E-state index contributed by atoms with van der Waals surface area (Å²) in [5.74, 6) is 0. The highest BCUT2D eigenvalue weighted by Crippen LogP contribution is 2.14. The lowest BCUT2D eigenvalue weighted by Crippen LogP contribution is -2.46. The molecule has 0 atom stereocenters. The molecule has 0 radical (unpaired) electrons. The Morgan fingerprint density at radius 2 is 2.24 bits per heavy atom. The van der Waals surface area contributed by atoms with E-state index in [1.807, 2.05) is 11.7 Å². The number of aryl methyl sites for hydroxylation is 2. The van der Waals surface area contributed by atoms with Crippen molar-refractivity contribution in [1.29, 1.82) is 0 Å². The van der Waals surface area contributed by atoms with Crippen LogP contribution in [0.4, 0.5) is 0 Å². The van der Waals surface area contributed by atoms with Gasteiger partial charge in [0, 0.05) is 25.7 Å². The highest BCUT2D eigenvalue weighted by atomic mass is 15.3. The predicted molar refractivity (Wildman–Crippen MR) is 69.9 cm³/mol. The second kappa shape index (κ2) is 4.78. The molecule has 0 aromatic carbocycles. The van der Waals surface area contributed by atoms with Crippen molar-refractivity contribution >= 4 is 0 Å². The molecule has 0 unspecified atom stereocenters. The number of hydrogen-bond donors (Lipinski definition) is 1. The predicted octanol–water partition coefficient (Wildman–Crippen LogP) is 1.30. The third kappa shape index (κ3) is 3.30. The van der Waals surface area contributed by atoms with Gasteiger partial charge in [-0.1, -0.05) is 0 Å². The van der Waals surface area contributed by atoms with Gasteiger partial charge in [-0.25, -0.2) is 0 Å². The summed E-state index contributed by atoms with van der Waals surface area (Å²) in [6.07, 6.45) is 1.22. The molecule has 1 saturated heterocycles. The molecule has 4 nitrogen and oxygen atoms in total. The van der Waals surface area contributed by atoms with E-state index in [9.17, 15) is 0 Å². The fourth-order valence-corrected chi connectivity index (χ4v) is 2.60. The molecule has 1 aromatic heterocycles. The van der Waals surface area contributed by atoms with Gasteiger partial charge >= 0.3 is 0 Å². The van der Waals surface area contributed by atoms with E-state index < -0.39 is 0 Å². The van der Waals surface area contributed by atoms with Crippen LogP contribution in [-0.2, 0) is 13.6 Å². The zero-order valence-corrected chi connectivity index (χ0v) is 11.5. The van der Waals surface area contributed by atoms with Crippen LogP contribution in [0.3, 0.4) is 0 Å². The number of nitrogens with zero attached hydrogens (tertiary/aromatic N) is 3. The molecule has 0 saturated carbocycles. The van der Waals surface area contributed by atoms with E-state index >= 15 is 0 Å². The maximum absolute atomic E-state index is 4.41. The van der Waals surface area contributed by atoms with Gasteiger partial charge in [0.15, 0.2) is 0 Å². The number of hydrogen-bond acceptors (Lipinski definition) is 3. The van der Waals surface area contributed by atoms with Crippen molar-refractivity contribution in [3.63, 3.8) is 0 Å². The van der Waals surface area contributed by atoms with Crippen molar-refractivity contribution in [2.24, 2.45) is 7.05 Å². The fourth-order valence-electron chi connectivity index (χ4n) is 2.60. The minimum atomic E-state index is 0.212. The molecular weight excluding hydrogens is 212 g/mol. The lowest BCUT2D eigenvalue weighted by atomic mass is 10.1. The first kappa shape index (κ1) is 12.6. The van der Waals surface area contributed by atoms with Gasteiger partial charge in [-0.2, -0.15) is 5.10 Å². The molecule has 1 fully saturated rings. The Balaban J connectivity index is 2.04. The van der Waals surface area contributed by atoms with Crippen LogP contribution in [0, 0.1) is 6.92 Å². The normalized spacial score (nSPS) is 21.4. The lowest BCUT2D eigenvalue weighted by molar-refractivity contribution is 0.219. The van der Waals surface area contributed by atoms with Gasteiger partial charge in [-0.05, 0) is 46.3 Å². The van der Waals surface area contributed by atoms with E-state index in [4.69, 9.17) is 0 Å². The monoisotopic (exact) mass is 236 g/mol. The summed E-state index contributed by atoms with van der Waals surface area (Å²) in [4.78, 5) is 2.52. The molecule has 1 aromatic rings. The minimum absolute atomic E-state index is 0.212. The Morgan fingerprint density at radius 3 is 2.88 bits per heavy atom. The Kier molecular flexibility index (Phi) is 3.54. The third-order valence-electron chi connectivity index (χ3n) is 3.36. The quantitative estimate of drug-likeness (QED) is 0.840. The molecule has 0 bridgehead atoms. The summed E-state index contributed by atoms with van der Waals surface area (Å²) in [6, 6.07) is 2.19. The van der Waals surface area contributed by atoms with Gasteiger partial charge in [0.2, 0.25) is 0 Å². The Labute approximate surface area is 104 Å². The first-order chi connectivity index (χ1) is 7.96. The van der Waals surface area contributed by atoms with Gasteiger partial charge in [0.25, 0.3) is 0 Å². The third-order valence-corrected chi connectivity index (χ3v) is 3.36. The Bertz CT molecular complexity index is 381. The van der Waals surface area contributed by atoms with Crippen LogP contribution >= 0.6 is 0 Å². The zero-order chi connectivity index (χ0) is 12.5. The summed E-state index contributed by atoms with van der Waals surface area (Å²) >= 11 is 0. The van der Waals surface area contributed by atoms with Gasteiger partial charge in [-0.3, -0.25) is 9.58 Å². The van der Waals surface area contributed by atoms with Crippen LogP contribution in [0.5, 0.6) is 0 Å². The highest BCUT2D eigenvalue weighted by Gasteiger charge is 2.24. The molecule has 2 heterocycles. The number of nitrogens with one attached hydrogen (secondary N) is 1. The average molecular weight is 236 g/mol. The van der Waals surface area contributed by atoms with Gasteiger partial charge in [0.1, 0.15) is 0 Å². The molecule has 4 heteroatoms. The molecule has 1 aliphatic heterocycles. The number of rotatable bonds is 2. The largest absolute Gasteiger partial charge is 0.310 e. The van der Waals surface area contributed by atoms with Crippen molar-refractivity contribution in [2.45, 2.75) is 39.3 Å². The second-order valence-corrected chi connectivity index (χ2v) is 5.78. The van der Waals surface area contributed by atoms with E-state index in [-0.39, 0.29) is 5.54 Å². The van der Waals surface area contributed by atoms with Crippen LogP contribution in [0.2, 0.25) is 0 Å². The summed E-state index contributed by atoms with van der Waals surface area (Å²) < 4.78 is 2.00. The van der Waals surface area contributed by atoms with Crippen LogP contribution in [0.15, 0.2) is 6.07 Å². The van der Waals surface area contributed by atoms with Crippen LogP contribution in [0.1, 0.15) is 31.7 Å². The summed E-state index contributed by atoms with van der Waals surface area (Å²) in [6.45, 7) is 11.0. The van der Waals surface area contributed by atoms with E-state index in [0.29, 0.717) is 0 Å². The average Bonchev–Trinajstić information content (AvgIpc) is 2.43. The molecule has 17 heavy (non-hydrogen) atoms. The highest BCUT2D eigenvalue weighted by molar-refractivity contribution is 5.08. The topological polar surface area (TPSA) is 33.1 Å². The van der Waals surface area contributed by atoms with E-state index in [2.05, 4.69) is 42.2 Å². The van der Waals surface area contributed by atoms with Crippen LogP contribution < -0.4 is 5.32 Å². The molecule has 2 rings (SSSR count). The Morgan fingerprint density at radius 1 is 1.47 bits per heavy atom. The van der Waals surface area contributed by atoms with E-state index in [0.717, 1.165) is 25.3 Å². The molecular formula is C13H24N4. The van der Waals surface area contributed by atoms with Crippen molar-refractivity contribution in [3.8, 4) is 0 Å². The fraction of sp³-hybridized carbons (Fsp3) is 0.769. The Hall–Kier alpha value is -0.870. The van der Waals surface area contributed by atoms with Crippen molar-refractivity contribution in [3.05, 3.63) is 17.5 Å². The van der Waals surface area contributed by atoms with Gasteiger partial charge in [0.05, 0.1) is 11.4 Å². The lowest BCUT2D eigenvalue weighted by Gasteiger charge is -2.29. The smallest absolute Gasteiger partial charge is 0.0597 e. The standard InChI is InChI=1S/C13H24N4/c1-11-8-12(16(4)15-11)9-17-7-5-6-14-13(2,3)10-17/h8,14H,5-7,9-10H2,1-4H3. The van der Waals surface area contributed by atoms with Gasteiger partial charge in [-0.15, -0.1) is 0 Å². The molecule has 0 aliphatic carbocycles. The first-order valence-electron chi connectivity index (χ1n) is 6.43. The molecule has 0 spiro atoms. The van der Waals surface area contributed by atoms with E-state index in [1.165, 1.54) is 18.7 Å². The maximum Gasteiger partial charge on any atom is 0.0597 e. The summed E-state index contributed by atoms with van der Waals surface area (Å²) in [7, 11) is 2.03. The van der Waals surface area contributed by atoms with Crippen molar-refractivity contribution in [1.82, 2.24) is 20.0 Å². The van der Waals surface area contributed by atoms with Crippen molar-refractivity contribution in [2.75, 3.05) is 19.6 Å². The SMILES string of the molecule is Cc1cc(CN2CCCNC(C)(C)C2)n(C)n1. The van der Waals surface area contributed by atoms with Gasteiger partial charge < -0.3 is 5.32 Å². The first-order valence-corrected chi connectivity index (χ1v) is 6.43. The molecule has 0 amide bonds.